The Labute approximate surface area is 277 Å². The van der Waals surface area contributed by atoms with E-state index in [4.69, 9.17) is 23.7 Å². The van der Waals surface area contributed by atoms with Crippen LogP contribution in [0.25, 0.3) is 10.6 Å². The van der Waals surface area contributed by atoms with Crippen molar-refractivity contribution in [3.8, 4) is 22.1 Å². The first kappa shape index (κ1) is 32.5. The van der Waals surface area contributed by atoms with Gasteiger partial charge in [-0.1, -0.05) is 24.3 Å². The highest BCUT2D eigenvalue weighted by atomic mass is 32.1. The molecule has 1 aliphatic heterocycles. The molecule has 0 radical (unpaired) electrons. The van der Waals surface area contributed by atoms with Gasteiger partial charge >= 0.3 is 6.09 Å². The minimum atomic E-state index is -0.583. The number of methoxy groups -OCH3 is 1. The molecule has 3 N–H and O–H groups in total. The summed E-state index contributed by atoms with van der Waals surface area (Å²) in [5, 5.41) is 13.7. The van der Waals surface area contributed by atoms with Gasteiger partial charge in [-0.25, -0.2) is 9.78 Å². The van der Waals surface area contributed by atoms with Crippen molar-refractivity contribution in [2.24, 2.45) is 0 Å². The van der Waals surface area contributed by atoms with Gasteiger partial charge in [-0.3, -0.25) is 9.89 Å². The van der Waals surface area contributed by atoms with E-state index in [0.29, 0.717) is 37.8 Å². The topological polar surface area (TPSA) is 146 Å². The Kier molecular flexibility index (Phi) is 10.3. The number of H-pyrrole nitrogens is 1. The van der Waals surface area contributed by atoms with Crippen molar-refractivity contribution in [3.63, 3.8) is 0 Å². The number of carbonyl (C=O) groups excluding carboxylic acids is 2. The van der Waals surface area contributed by atoms with Crippen LogP contribution < -0.4 is 20.1 Å². The number of ether oxygens (including phenoxy) is 5. The maximum absolute atomic E-state index is 13.0. The summed E-state index contributed by atoms with van der Waals surface area (Å²) < 4.78 is 28.9. The minimum Gasteiger partial charge on any atom is -0.497 e. The number of thiazole rings is 1. The number of nitrogens with zero attached hydrogens (tertiary/aromatic N) is 2. The summed E-state index contributed by atoms with van der Waals surface area (Å²) in [4.78, 5) is 30.4. The van der Waals surface area contributed by atoms with Crippen molar-refractivity contribution in [3.05, 3.63) is 76.4 Å². The molecule has 0 bridgehead atoms. The van der Waals surface area contributed by atoms with Crippen LogP contribution in [0.15, 0.2) is 54.7 Å². The molecule has 13 heteroatoms. The second-order valence-corrected chi connectivity index (χ2v) is 12.9. The van der Waals surface area contributed by atoms with Crippen LogP contribution in [0.1, 0.15) is 67.0 Å². The maximum Gasteiger partial charge on any atom is 0.407 e. The van der Waals surface area contributed by atoms with Crippen molar-refractivity contribution < 1.29 is 33.3 Å². The first-order valence-corrected chi connectivity index (χ1v) is 16.6. The molecule has 1 saturated heterocycles. The molecule has 248 valence electrons. The van der Waals surface area contributed by atoms with Crippen LogP contribution in [0.4, 0.5) is 10.6 Å². The first-order chi connectivity index (χ1) is 22.8. The highest BCUT2D eigenvalue weighted by Crippen LogP contribution is 2.41. The Hall–Kier alpha value is -4.46. The minimum absolute atomic E-state index is 0.0238. The highest BCUT2D eigenvalue weighted by Gasteiger charge is 2.30. The highest BCUT2D eigenvalue weighted by molar-refractivity contribution is 7.15. The zero-order valence-corrected chi connectivity index (χ0v) is 27.4. The maximum atomic E-state index is 13.0. The van der Waals surface area contributed by atoms with E-state index in [-0.39, 0.29) is 30.4 Å². The number of aromatic amines is 1. The van der Waals surface area contributed by atoms with Gasteiger partial charge in [0.2, 0.25) is 5.91 Å². The third-order valence-corrected chi connectivity index (χ3v) is 9.00. The van der Waals surface area contributed by atoms with Crippen molar-refractivity contribution in [2.75, 3.05) is 25.6 Å². The normalized spacial score (nSPS) is 18.0. The number of carbonyl (C=O) groups is 2. The van der Waals surface area contributed by atoms with Gasteiger partial charge in [0.1, 0.15) is 29.2 Å². The molecular weight excluding hydrogens is 622 g/mol. The monoisotopic (exact) mass is 661 g/mol. The van der Waals surface area contributed by atoms with Crippen LogP contribution in [0.2, 0.25) is 0 Å². The summed E-state index contributed by atoms with van der Waals surface area (Å²) in [6.07, 6.45) is 3.09. The van der Waals surface area contributed by atoms with Gasteiger partial charge in [-0.05, 0) is 56.9 Å². The van der Waals surface area contributed by atoms with Crippen molar-refractivity contribution >= 4 is 29.2 Å². The molecule has 47 heavy (non-hydrogen) atoms. The summed E-state index contributed by atoms with van der Waals surface area (Å²) in [5.41, 5.74) is 3.51. The van der Waals surface area contributed by atoms with E-state index in [9.17, 15) is 9.59 Å². The molecule has 12 nitrogen and oxygen atoms in total. The molecule has 4 aromatic rings. The Morgan fingerprint density at radius 2 is 1.91 bits per heavy atom. The summed E-state index contributed by atoms with van der Waals surface area (Å²) >= 11 is 1.43. The molecule has 0 spiro atoms. The van der Waals surface area contributed by atoms with E-state index in [0.717, 1.165) is 50.9 Å². The molecule has 2 aliphatic rings. The molecule has 2 aromatic heterocycles. The van der Waals surface area contributed by atoms with Crippen LogP contribution in [0.5, 0.6) is 11.5 Å². The van der Waals surface area contributed by atoms with Crippen molar-refractivity contribution in [1.29, 1.82) is 0 Å². The Morgan fingerprint density at radius 1 is 1.11 bits per heavy atom. The largest absolute Gasteiger partial charge is 0.497 e. The van der Waals surface area contributed by atoms with Gasteiger partial charge < -0.3 is 34.3 Å². The van der Waals surface area contributed by atoms with Gasteiger partial charge in [-0.15, -0.1) is 11.3 Å². The number of hydrogen-bond acceptors (Lipinski definition) is 10. The van der Waals surface area contributed by atoms with E-state index >= 15 is 0 Å². The van der Waals surface area contributed by atoms with Crippen LogP contribution in [-0.2, 0) is 32.0 Å². The van der Waals surface area contributed by atoms with E-state index in [1.165, 1.54) is 11.3 Å². The fourth-order valence-electron chi connectivity index (χ4n) is 5.73. The average molecular weight is 662 g/mol. The average Bonchev–Trinajstić information content (AvgIpc) is 3.88. The smallest absolute Gasteiger partial charge is 0.407 e. The number of anilines is 1. The summed E-state index contributed by atoms with van der Waals surface area (Å²) in [6, 6.07) is 15.4. The number of benzene rings is 2. The number of alkyl carbamates (subject to hydrolysis) is 1. The second-order valence-electron chi connectivity index (χ2n) is 11.8. The van der Waals surface area contributed by atoms with Gasteiger partial charge in [-0.2, -0.15) is 5.10 Å². The van der Waals surface area contributed by atoms with Crippen molar-refractivity contribution in [1.82, 2.24) is 20.5 Å². The summed E-state index contributed by atoms with van der Waals surface area (Å²) in [7, 11) is 1.64. The van der Waals surface area contributed by atoms with E-state index in [2.05, 4.69) is 25.8 Å². The summed E-state index contributed by atoms with van der Waals surface area (Å²) in [5.74, 6) is 1.86. The molecule has 2 amide bonds. The van der Waals surface area contributed by atoms with Crippen LogP contribution in [0, 0.1) is 0 Å². The number of rotatable bonds is 12. The van der Waals surface area contributed by atoms with Crippen LogP contribution >= 0.6 is 11.3 Å². The fourth-order valence-corrected chi connectivity index (χ4v) is 6.68. The Morgan fingerprint density at radius 3 is 2.68 bits per heavy atom. The molecule has 2 aromatic carbocycles. The first-order valence-electron chi connectivity index (χ1n) is 15.7. The predicted octanol–water partition coefficient (Wildman–Crippen LogP) is 6.12. The lowest BCUT2D eigenvalue weighted by Gasteiger charge is -2.18. The molecule has 2 atom stereocenters. The number of aromatic nitrogens is 3. The molecule has 6 rings (SSSR count). The second kappa shape index (κ2) is 15.0. The van der Waals surface area contributed by atoms with Gasteiger partial charge in [0.25, 0.3) is 0 Å². The Balaban J connectivity index is 1.08. The van der Waals surface area contributed by atoms with E-state index < -0.39 is 12.4 Å². The molecule has 0 unspecified atom stereocenters. The Bertz CT molecular complexity index is 1670. The zero-order valence-electron chi connectivity index (χ0n) is 26.6. The predicted molar refractivity (Wildman–Crippen MR) is 176 cm³/mol. The van der Waals surface area contributed by atoms with Crippen LogP contribution in [0.3, 0.4) is 0 Å². The molecule has 1 saturated carbocycles. The third-order valence-electron chi connectivity index (χ3n) is 7.97. The molecule has 2 fully saturated rings. The lowest BCUT2D eigenvalue weighted by atomic mass is 10.0. The molecule has 1 aliphatic carbocycles. The molecule has 3 heterocycles. The number of hydrogen-bond donors (Lipinski definition) is 3. The SMILES string of the molecule is COc1ccc(COc2cccc(-c3ncc(CC(=O)Nc4cc([C@H]5CC[C@@H](OC(=O)NC(C)C)C5)[nH]n4)s3)c2C2OCCO2)cc1. The third kappa shape index (κ3) is 8.28. The van der Waals surface area contributed by atoms with Gasteiger partial charge in [0.15, 0.2) is 12.1 Å². The van der Waals surface area contributed by atoms with Gasteiger partial charge in [0, 0.05) is 40.4 Å². The van der Waals surface area contributed by atoms with Gasteiger partial charge in [0.05, 0.1) is 32.3 Å². The molecular formula is C34H39N5O7S. The number of nitrogens with one attached hydrogen (secondary N) is 3. The van der Waals surface area contributed by atoms with E-state index in [1.54, 1.807) is 13.3 Å². The summed E-state index contributed by atoms with van der Waals surface area (Å²) in [6.45, 7) is 5.12. The van der Waals surface area contributed by atoms with Crippen LogP contribution in [-0.4, -0.2) is 59.7 Å². The number of amides is 2. The lowest BCUT2D eigenvalue weighted by molar-refractivity contribution is -0.115. The van der Waals surface area contributed by atoms with E-state index in [1.807, 2.05) is 62.4 Å². The van der Waals surface area contributed by atoms with Crippen molar-refractivity contribution in [2.45, 2.75) is 70.5 Å². The zero-order chi connectivity index (χ0) is 32.8. The standard InChI is InChI=1S/C34H39N5O7S/c1-20(2)36-34(41)46-24-12-9-22(15-24)27-17-29(39-38-27)37-30(40)16-25-18-35-32(47-25)26-5-4-6-28(31(26)33-43-13-14-44-33)45-19-21-7-10-23(42-3)11-8-21/h4-8,10-11,17-18,20,22,24,33H,9,12-16,19H2,1-3H3,(H,36,41)(H2,37,38,39,40)/t22-,24+/m0/s1. The fraction of sp³-hybridized carbons (Fsp3) is 0.412. The quantitative estimate of drug-likeness (QED) is 0.164. The lowest BCUT2D eigenvalue weighted by Crippen LogP contribution is -2.33.